The summed E-state index contributed by atoms with van der Waals surface area (Å²) >= 11 is 12.0. The molecule has 0 saturated heterocycles. The molecule has 0 heterocycles. The minimum atomic E-state index is -0.941. The van der Waals surface area contributed by atoms with Crippen LogP contribution in [-0.4, -0.2) is 31.7 Å². The van der Waals surface area contributed by atoms with Gasteiger partial charge < -0.3 is 14.8 Å². The highest BCUT2D eigenvalue weighted by molar-refractivity contribution is 6.40. The third-order valence-electron chi connectivity index (χ3n) is 3.25. The second-order valence-corrected chi connectivity index (χ2v) is 5.91. The summed E-state index contributed by atoms with van der Waals surface area (Å²) in [7, 11) is 1.45. The van der Waals surface area contributed by atoms with Crippen LogP contribution in [0.3, 0.4) is 0 Å². The smallest absolute Gasteiger partial charge is 0.329 e. The number of carbonyl (C=O) groups excluding carboxylic acids is 2. The summed E-state index contributed by atoms with van der Waals surface area (Å²) in [5, 5.41) is 6.78. The average molecular weight is 410 g/mol. The molecule has 2 N–H and O–H groups in total. The van der Waals surface area contributed by atoms with Crippen molar-refractivity contribution in [1.29, 1.82) is 0 Å². The van der Waals surface area contributed by atoms with E-state index in [0.717, 1.165) is 0 Å². The van der Waals surface area contributed by atoms with Crippen LogP contribution >= 0.6 is 23.2 Å². The number of hydrogen-bond acceptors (Lipinski definition) is 5. The number of nitrogens with one attached hydrogen (secondary N) is 2. The van der Waals surface area contributed by atoms with Crippen LogP contribution in [0.25, 0.3) is 0 Å². The SMILES string of the molecule is CCOc1ccccc1NC(=O)C(=O)N/N=C\c1cc(Cl)c(OC)c(Cl)c1. The molecule has 0 bridgehead atoms. The molecule has 0 radical (unpaired) electrons. The first-order valence-corrected chi connectivity index (χ1v) is 8.61. The highest BCUT2D eigenvalue weighted by atomic mass is 35.5. The molecule has 0 aliphatic rings. The summed E-state index contributed by atoms with van der Waals surface area (Å²) in [5.74, 6) is -1.02. The second kappa shape index (κ2) is 9.80. The Balaban J connectivity index is 1.99. The lowest BCUT2D eigenvalue weighted by Gasteiger charge is -2.10. The van der Waals surface area contributed by atoms with E-state index in [1.54, 1.807) is 36.4 Å². The third kappa shape index (κ3) is 5.60. The number of benzene rings is 2. The quantitative estimate of drug-likeness (QED) is 0.434. The maximum absolute atomic E-state index is 12.0. The van der Waals surface area contributed by atoms with Crippen molar-refractivity contribution in [3.63, 3.8) is 0 Å². The fourth-order valence-electron chi connectivity index (χ4n) is 2.10. The van der Waals surface area contributed by atoms with Crippen LogP contribution in [0.4, 0.5) is 5.69 Å². The van der Waals surface area contributed by atoms with Gasteiger partial charge in [0.25, 0.3) is 0 Å². The molecule has 7 nitrogen and oxygen atoms in total. The molecule has 142 valence electrons. The van der Waals surface area contributed by atoms with Crippen LogP contribution in [0.2, 0.25) is 10.0 Å². The Morgan fingerprint density at radius 3 is 2.44 bits per heavy atom. The first-order chi connectivity index (χ1) is 13.0. The number of hydrogen-bond donors (Lipinski definition) is 2. The minimum absolute atomic E-state index is 0.294. The molecule has 0 aliphatic heterocycles. The van der Waals surface area contributed by atoms with Crippen LogP contribution in [-0.2, 0) is 9.59 Å². The average Bonchev–Trinajstić information content (AvgIpc) is 2.63. The molecule has 2 rings (SSSR count). The van der Waals surface area contributed by atoms with Gasteiger partial charge in [0.2, 0.25) is 0 Å². The van der Waals surface area contributed by atoms with Crippen molar-refractivity contribution in [1.82, 2.24) is 5.43 Å². The standard InChI is InChI=1S/C18H17Cl2N3O4/c1-3-27-15-7-5-4-6-14(15)22-17(24)18(25)23-21-10-11-8-12(19)16(26-2)13(20)9-11/h4-10H,3H2,1-2H3,(H,22,24)(H,23,25)/b21-10-. The van der Waals surface area contributed by atoms with Gasteiger partial charge in [-0.05, 0) is 36.8 Å². The zero-order chi connectivity index (χ0) is 19.8. The number of anilines is 1. The molecule has 0 aromatic heterocycles. The van der Waals surface area contributed by atoms with Crippen LogP contribution in [0.1, 0.15) is 12.5 Å². The van der Waals surface area contributed by atoms with Gasteiger partial charge in [-0.1, -0.05) is 35.3 Å². The monoisotopic (exact) mass is 409 g/mol. The number of para-hydroxylation sites is 2. The van der Waals surface area contributed by atoms with Crippen molar-refractivity contribution in [3.05, 3.63) is 52.0 Å². The van der Waals surface area contributed by atoms with Crippen molar-refractivity contribution in [2.24, 2.45) is 5.10 Å². The van der Waals surface area contributed by atoms with Crippen LogP contribution in [0.15, 0.2) is 41.5 Å². The van der Waals surface area contributed by atoms with Crippen molar-refractivity contribution in [3.8, 4) is 11.5 Å². The van der Waals surface area contributed by atoms with Gasteiger partial charge in [0.05, 0.1) is 35.7 Å². The van der Waals surface area contributed by atoms with E-state index >= 15 is 0 Å². The Bertz CT molecular complexity index is 848. The molecule has 2 aromatic rings. The summed E-state index contributed by atoms with van der Waals surface area (Å²) in [6.07, 6.45) is 1.30. The van der Waals surface area contributed by atoms with E-state index in [1.165, 1.54) is 13.3 Å². The minimum Gasteiger partial charge on any atom is -0.494 e. The van der Waals surface area contributed by atoms with Crippen LogP contribution in [0, 0.1) is 0 Å². The summed E-state index contributed by atoms with van der Waals surface area (Å²) in [4.78, 5) is 23.9. The Kier molecular flexibility index (Phi) is 7.45. The van der Waals surface area contributed by atoms with Crippen molar-refractivity contribution in [2.45, 2.75) is 6.92 Å². The Labute approximate surface area is 166 Å². The number of ether oxygens (including phenoxy) is 2. The maximum atomic E-state index is 12.0. The normalized spacial score (nSPS) is 10.5. The fraction of sp³-hybridized carbons (Fsp3) is 0.167. The topological polar surface area (TPSA) is 89.0 Å². The van der Waals surface area contributed by atoms with Gasteiger partial charge in [0, 0.05) is 0 Å². The number of amides is 2. The third-order valence-corrected chi connectivity index (χ3v) is 3.81. The molecule has 0 fully saturated rings. The van der Waals surface area contributed by atoms with Crippen molar-refractivity contribution >= 4 is 46.9 Å². The zero-order valence-electron chi connectivity index (χ0n) is 14.6. The largest absolute Gasteiger partial charge is 0.494 e. The zero-order valence-corrected chi connectivity index (χ0v) is 16.1. The summed E-state index contributed by atoms with van der Waals surface area (Å²) in [6.45, 7) is 2.24. The summed E-state index contributed by atoms with van der Waals surface area (Å²) < 4.78 is 10.4. The molecule has 0 spiro atoms. The van der Waals surface area contributed by atoms with Crippen LogP contribution in [0.5, 0.6) is 11.5 Å². The lowest BCUT2D eigenvalue weighted by molar-refractivity contribution is -0.136. The highest BCUT2D eigenvalue weighted by Gasteiger charge is 2.15. The van der Waals surface area contributed by atoms with E-state index in [1.807, 2.05) is 6.92 Å². The van der Waals surface area contributed by atoms with E-state index in [9.17, 15) is 9.59 Å². The van der Waals surface area contributed by atoms with Gasteiger partial charge in [-0.3, -0.25) is 9.59 Å². The van der Waals surface area contributed by atoms with E-state index in [2.05, 4.69) is 15.8 Å². The van der Waals surface area contributed by atoms with Gasteiger partial charge in [0.15, 0.2) is 5.75 Å². The first kappa shape index (κ1) is 20.5. The number of hydrazone groups is 1. The summed E-state index contributed by atoms with van der Waals surface area (Å²) in [6, 6.07) is 9.90. The van der Waals surface area contributed by atoms with Gasteiger partial charge >= 0.3 is 11.8 Å². The first-order valence-electron chi connectivity index (χ1n) is 7.85. The lowest BCUT2D eigenvalue weighted by Crippen LogP contribution is -2.32. The number of rotatable bonds is 6. The lowest BCUT2D eigenvalue weighted by atomic mass is 10.2. The Morgan fingerprint density at radius 1 is 1.15 bits per heavy atom. The van der Waals surface area contributed by atoms with Gasteiger partial charge in [-0.15, -0.1) is 0 Å². The predicted molar refractivity (Wildman–Crippen MR) is 105 cm³/mol. The molecule has 9 heteroatoms. The molecule has 2 aromatic carbocycles. The fourth-order valence-corrected chi connectivity index (χ4v) is 2.75. The maximum Gasteiger partial charge on any atom is 0.329 e. The molecule has 0 saturated carbocycles. The van der Waals surface area contributed by atoms with Gasteiger partial charge in [0.1, 0.15) is 5.75 Å². The van der Waals surface area contributed by atoms with Crippen LogP contribution < -0.4 is 20.2 Å². The summed E-state index contributed by atoms with van der Waals surface area (Å²) in [5.41, 5.74) is 3.04. The number of halogens is 2. The predicted octanol–water partition coefficient (Wildman–Crippen LogP) is 3.49. The van der Waals surface area contributed by atoms with E-state index in [-0.39, 0.29) is 0 Å². The number of carbonyl (C=O) groups is 2. The van der Waals surface area contributed by atoms with E-state index in [4.69, 9.17) is 32.7 Å². The Morgan fingerprint density at radius 2 is 1.81 bits per heavy atom. The molecule has 0 aliphatic carbocycles. The highest BCUT2D eigenvalue weighted by Crippen LogP contribution is 2.33. The van der Waals surface area contributed by atoms with Gasteiger partial charge in [-0.25, -0.2) is 5.43 Å². The molecule has 2 amide bonds. The molecule has 0 atom stereocenters. The molecular weight excluding hydrogens is 393 g/mol. The molecule has 27 heavy (non-hydrogen) atoms. The second-order valence-electron chi connectivity index (χ2n) is 5.10. The van der Waals surface area contributed by atoms with Crippen molar-refractivity contribution < 1.29 is 19.1 Å². The molecule has 0 unspecified atom stereocenters. The molecular formula is C18H17Cl2N3O4. The van der Waals surface area contributed by atoms with E-state index < -0.39 is 11.8 Å². The number of methoxy groups -OCH3 is 1. The van der Waals surface area contributed by atoms with Crippen molar-refractivity contribution in [2.75, 3.05) is 19.0 Å². The van der Waals surface area contributed by atoms with E-state index in [0.29, 0.717) is 39.4 Å². The Hall–Kier alpha value is -2.77. The number of nitrogens with zero attached hydrogens (tertiary/aromatic N) is 1. The van der Waals surface area contributed by atoms with Gasteiger partial charge in [-0.2, -0.15) is 5.10 Å².